The van der Waals surface area contributed by atoms with Crippen LogP contribution in [0.2, 0.25) is 0 Å². The molecule has 0 aliphatic rings. The number of ether oxygens (including phenoxy) is 2. The SMILES string of the molecule is CCOc1ccc(CN(C)C(=O)COC(=O)c2cccc(C)c2N)cc1. The van der Waals surface area contributed by atoms with Crippen molar-refractivity contribution in [2.45, 2.75) is 20.4 Å². The molecule has 1 amide bonds. The van der Waals surface area contributed by atoms with E-state index >= 15 is 0 Å². The van der Waals surface area contributed by atoms with E-state index in [2.05, 4.69) is 0 Å². The molecule has 0 aromatic heterocycles. The van der Waals surface area contributed by atoms with Crippen LogP contribution in [0.4, 0.5) is 5.69 Å². The van der Waals surface area contributed by atoms with Crippen LogP contribution >= 0.6 is 0 Å². The van der Waals surface area contributed by atoms with Crippen LogP contribution in [0.3, 0.4) is 0 Å². The maximum absolute atomic E-state index is 12.2. The fraction of sp³-hybridized carbons (Fsp3) is 0.300. The molecule has 0 heterocycles. The fourth-order valence-corrected chi connectivity index (χ4v) is 2.39. The molecule has 26 heavy (non-hydrogen) atoms. The summed E-state index contributed by atoms with van der Waals surface area (Å²) in [6.07, 6.45) is 0. The lowest BCUT2D eigenvalue weighted by Gasteiger charge is -2.17. The average Bonchev–Trinajstić information content (AvgIpc) is 2.63. The lowest BCUT2D eigenvalue weighted by Crippen LogP contribution is -2.31. The van der Waals surface area contributed by atoms with E-state index in [0.29, 0.717) is 18.8 Å². The van der Waals surface area contributed by atoms with E-state index < -0.39 is 5.97 Å². The van der Waals surface area contributed by atoms with E-state index in [1.54, 1.807) is 19.2 Å². The summed E-state index contributed by atoms with van der Waals surface area (Å²) in [6.45, 7) is 4.41. The van der Waals surface area contributed by atoms with Gasteiger partial charge < -0.3 is 20.1 Å². The van der Waals surface area contributed by atoms with Crippen molar-refractivity contribution in [1.82, 2.24) is 4.90 Å². The molecule has 0 atom stereocenters. The highest BCUT2D eigenvalue weighted by molar-refractivity contribution is 5.96. The molecule has 0 aliphatic heterocycles. The van der Waals surface area contributed by atoms with Crippen molar-refractivity contribution in [2.24, 2.45) is 0 Å². The zero-order valence-corrected chi connectivity index (χ0v) is 15.3. The molecule has 0 saturated carbocycles. The maximum Gasteiger partial charge on any atom is 0.340 e. The summed E-state index contributed by atoms with van der Waals surface area (Å²) in [6, 6.07) is 12.6. The van der Waals surface area contributed by atoms with Gasteiger partial charge >= 0.3 is 5.97 Å². The minimum atomic E-state index is -0.603. The van der Waals surface area contributed by atoms with Crippen LogP contribution in [0.25, 0.3) is 0 Å². The van der Waals surface area contributed by atoms with E-state index in [4.69, 9.17) is 15.2 Å². The van der Waals surface area contributed by atoms with Crippen LogP contribution in [-0.4, -0.2) is 37.0 Å². The smallest absolute Gasteiger partial charge is 0.340 e. The summed E-state index contributed by atoms with van der Waals surface area (Å²) >= 11 is 0. The number of aryl methyl sites for hydroxylation is 1. The van der Waals surface area contributed by atoms with Gasteiger partial charge in [-0.2, -0.15) is 0 Å². The highest BCUT2D eigenvalue weighted by atomic mass is 16.5. The zero-order chi connectivity index (χ0) is 19.1. The van der Waals surface area contributed by atoms with Gasteiger partial charge in [-0.15, -0.1) is 0 Å². The predicted octanol–water partition coefficient (Wildman–Crippen LogP) is 2.79. The number of amides is 1. The van der Waals surface area contributed by atoms with Gasteiger partial charge in [0.25, 0.3) is 5.91 Å². The van der Waals surface area contributed by atoms with E-state index in [1.807, 2.05) is 44.2 Å². The Hall–Kier alpha value is -3.02. The minimum Gasteiger partial charge on any atom is -0.494 e. The van der Waals surface area contributed by atoms with Gasteiger partial charge in [-0.3, -0.25) is 4.79 Å². The maximum atomic E-state index is 12.2. The summed E-state index contributed by atoms with van der Waals surface area (Å²) in [7, 11) is 1.66. The molecule has 2 aromatic rings. The Morgan fingerprint density at radius 3 is 2.46 bits per heavy atom. The van der Waals surface area contributed by atoms with Gasteiger partial charge in [0.05, 0.1) is 12.2 Å². The first-order valence-corrected chi connectivity index (χ1v) is 8.40. The predicted molar refractivity (Wildman–Crippen MR) is 100.0 cm³/mol. The first-order valence-electron chi connectivity index (χ1n) is 8.40. The summed E-state index contributed by atoms with van der Waals surface area (Å²) in [5.74, 6) is -0.109. The van der Waals surface area contributed by atoms with E-state index in [0.717, 1.165) is 16.9 Å². The number of anilines is 1. The molecular formula is C20H24N2O4. The summed E-state index contributed by atoms with van der Waals surface area (Å²) in [5.41, 5.74) is 8.26. The van der Waals surface area contributed by atoms with Gasteiger partial charge in [0.1, 0.15) is 5.75 Å². The van der Waals surface area contributed by atoms with Gasteiger partial charge in [-0.05, 0) is 43.2 Å². The topological polar surface area (TPSA) is 81.9 Å². The average molecular weight is 356 g/mol. The second-order valence-corrected chi connectivity index (χ2v) is 5.94. The van der Waals surface area contributed by atoms with Crippen LogP contribution in [0.5, 0.6) is 5.75 Å². The number of esters is 1. The Kier molecular flexibility index (Phi) is 6.60. The van der Waals surface area contributed by atoms with Crippen molar-refractivity contribution in [3.8, 4) is 5.75 Å². The zero-order valence-electron chi connectivity index (χ0n) is 15.3. The quantitative estimate of drug-likeness (QED) is 0.609. The van der Waals surface area contributed by atoms with Crippen LogP contribution in [-0.2, 0) is 16.1 Å². The third kappa shape index (κ3) is 4.99. The molecule has 0 fully saturated rings. The fourth-order valence-electron chi connectivity index (χ4n) is 2.39. The van der Waals surface area contributed by atoms with Crippen LogP contribution in [0.1, 0.15) is 28.4 Å². The third-order valence-electron chi connectivity index (χ3n) is 3.95. The Balaban J connectivity index is 1.88. The van der Waals surface area contributed by atoms with E-state index in [9.17, 15) is 9.59 Å². The van der Waals surface area contributed by atoms with Gasteiger partial charge in [0, 0.05) is 19.3 Å². The number of carbonyl (C=O) groups is 2. The molecule has 6 nitrogen and oxygen atoms in total. The number of hydrogen-bond acceptors (Lipinski definition) is 5. The largest absolute Gasteiger partial charge is 0.494 e. The minimum absolute atomic E-state index is 0.270. The first kappa shape index (κ1) is 19.3. The second-order valence-electron chi connectivity index (χ2n) is 5.94. The Morgan fingerprint density at radius 1 is 1.12 bits per heavy atom. The van der Waals surface area contributed by atoms with Crippen molar-refractivity contribution in [2.75, 3.05) is 26.0 Å². The number of hydrogen-bond donors (Lipinski definition) is 1. The van der Waals surface area contributed by atoms with Crippen LogP contribution in [0, 0.1) is 6.92 Å². The molecule has 2 aromatic carbocycles. The second kappa shape index (κ2) is 8.89. The first-order chi connectivity index (χ1) is 12.4. The lowest BCUT2D eigenvalue weighted by molar-refractivity contribution is -0.133. The standard InChI is InChI=1S/C20H24N2O4/c1-4-25-16-10-8-15(9-11-16)12-22(3)18(23)13-26-20(24)17-7-5-6-14(2)19(17)21/h5-11H,4,12-13,21H2,1-3H3. The lowest BCUT2D eigenvalue weighted by atomic mass is 10.1. The highest BCUT2D eigenvalue weighted by Gasteiger charge is 2.16. The Bertz CT molecular complexity index is 772. The van der Waals surface area contributed by atoms with Gasteiger partial charge in [-0.25, -0.2) is 4.79 Å². The molecule has 138 valence electrons. The molecule has 0 aliphatic carbocycles. The third-order valence-corrected chi connectivity index (χ3v) is 3.95. The highest BCUT2D eigenvalue weighted by Crippen LogP contribution is 2.17. The van der Waals surface area contributed by atoms with E-state index in [1.165, 1.54) is 4.90 Å². The summed E-state index contributed by atoms with van der Waals surface area (Å²) < 4.78 is 10.5. The Morgan fingerprint density at radius 2 is 1.81 bits per heavy atom. The van der Waals surface area contributed by atoms with Crippen molar-refractivity contribution >= 4 is 17.6 Å². The number of likely N-dealkylation sites (N-methyl/N-ethyl adjacent to an activating group) is 1. The summed E-state index contributed by atoms with van der Waals surface area (Å²) in [4.78, 5) is 25.8. The normalized spacial score (nSPS) is 10.3. The molecule has 6 heteroatoms. The molecule has 2 rings (SSSR count). The number of rotatable bonds is 7. The monoisotopic (exact) mass is 356 g/mol. The number of nitrogens with two attached hydrogens (primary N) is 1. The molecular weight excluding hydrogens is 332 g/mol. The molecule has 0 radical (unpaired) electrons. The van der Waals surface area contributed by atoms with Crippen LogP contribution in [0.15, 0.2) is 42.5 Å². The number of nitrogens with zero attached hydrogens (tertiary/aromatic N) is 1. The number of carbonyl (C=O) groups excluding carboxylic acids is 2. The number of nitrogen functional groups attached to an aromatic ring is 1. The molecule has 0 bridgehead atoms. The number of para-hydroxylation sites is 1. The molecule has 2 N–H and O–H groups in total. The van der Waals surface area contributed by atoms with Gasteiger partial charge in [0.2, 0.25) is 0 Å². The number of benzene rings is 2. The van der Waals surface area contributed by atoms with E-state index in [-0.39, 0.29) is 18.1 Å². The van der Waals surface area contributed by atoms with Crippen molar-refractivity contribution in [1.29, 1.82) is 0 Å². The van der Waals surface area contributed by atoms with Crippen molar-refractivity contribution < 1.29 is 19.1 Å². The molecule has 0 saturated heterocycles. The van der Waals surface area contributed by atoms with Gasteiger partial charge in [0.15, 0.2) is 6.61 Å². The van der Waals surface area contributed by atoms with Gasteiger partial charge in [-0.1, -0.05) is 24.3 Å². The molecule has 0 unspecified atom stereocenters. The Labute approximate surface area is 153 Å². The van der Waals surface area contributed by atoms with Crippen molar-refractivity contribution in [3.63, 3.8) is 0 Å². The summed E-state index contributed by atoms with van der Waals surface area (Å²) in [5, 5.41) is 0. The van der Waals surface area contributed by atoms with Crippen LogP contribution < -0.4 is 10.5 Å². The molecule has 0 spiro atoms. The van der Waals surface area contributed by atoms with Crippen molar-refractivity contribution in [3.05, 3.63) is 59.2 Å².